The monoisotopic (exact) mass is 291 g/mol. The van der Waals surface area contributed by atoms with Crippen LogP contribution in [0.15, 0.2) is 18.2 Å². The van der Waals surface area contributed by atoms with Crippen LogP contribution >= 0.6 is 0 Å². The molecular formula is C16H21NO4. The SMILES string of the molecule is CCOC(=O)CC(c1ccc2c(c1)OCO2)N1CCCC1. The predicted molar refractivity (Wildman–Crippen MR) is 77.4 cm³/mol. The molecule has 2 aliphatic rings. The molecular weight excluding hydrogens is 270 g/mol. The molecule has 0 saturated carbocycles. The zero-order valence-electron chi connectivity index (χ0n) is 12.3. The maximum Gasteiger partial charge on any atom is 0.307 e. The van der Waals surface area contributed by atoms with Crippen LogP contribution in [0.5, 0.6) is 11.5 Å². The van der Waals surface area contributed by atoms with E-state index in [1.54, 1.807) is 0 Å². The van der Waals surface area contributed by atoms with E-state index in [4.69, 9.17) is 14.2 Å². The number of rotatable bonds is 5. The summed E-state index contributed by atoms with van der Waals surface area (Å²) in [6.07, 6.45) is 2.75. The molecule has 2 heterocycles. The fourth-order valence-corrected chi connectivity index (χ4v) is 3.01. The molecule has 2 aliphatic heterocycles. The Hall–Kier alpha value is -1.75. The van der Waals surface area contributed by atoms with Crippen molar-refractivity contribution in [3.63, 3.8) is 0 Å². The van der Waals surface area contributed by atoms with E-state index in [1.807, 2.05) is 25.1 Å². The molecule has 114 valence electrons. The van der Waals surface area contributed by atoms with E-state index in [2.05, 4.69) is 4.90 Å². The van der Waals surface area contributed by atoms with Gasteiger partial charge in [0.2, 0.25) is 6.79 Å². The van der Waals surface area contributed by atoms with Gasteiger partial charge in [0.25, 0.3) is 0 Å². The molecule has 0 N–H and O–H groups in total. The number of ether oxygens (including phenoxy) is 3. The minimum Gasteiger partial charge on any atom is -0.466 e. The highest BCUT2D eigenvalue weighted by Gasteiger charge is 2.27. The molecule has 0 amide bonds. The molecule has 5 nitrogen and oxygen atoms in total. The van der Waals surface area contributed by atoms with Crippen molar-refractivity contribution in [3.05, 3.63) is 23.8 Å². The van der Waals surface area contributed by atoms with Gasteiger partial charge in [-0.2, -0.15) is 0 Å². The van der Waals surface area contributed by atoms with Crippen LogP contribution in [0.1, 0.15) is 37.8 Å². The van der Waals surface area contributed by atoms with Crippen molar-refractivity contribution in [1.82, 2.24) is 4.90 Å². The molecule has 1 fully saturated rings. The Morgan fingerprint density at radius 2 is 2.05 bits per heavy atom. The van der Waals surface area contributed by atoms with E-state index >= 15 is 0 Å². The summed E-state index contributed by atoms with van der Waals surface area (Å²) < 4.78 is 15.9. The number of hydrogen-bond donors (Lipinski definition) is 0. The van der Waals surface area contributed by atoms with Gasteiger partial charge in [-0.1, -0.05) is 6.07 Å². The second-order valence-corrected chi connectivity index (χ2v) is 5.38. The van der Waals surface area contributed by atoms with Crippen LogP contribution in [0.2, 0.25) is 0 Å². The van der Waals surface area contributed by atoms with E-state index in [0.717, 1.165) is 30.2 Å². The van der Waals surface area contributed by atoms with Crippen LogP contribution < -0.4 is 9.47 Å². The van der Waals surface area contributed by atoms with Gasteiger partial charge in [-0.05, 0) is 50.6 Å². The molecule has 1 aromatic carbocycles. The Bertz CT molecular complexity index is 511. The van der Waals surface area contributed by atoms with Gasteiger partial charge < -0.3 is 14.2 Å². The van der Waals surface area contributed by atoms with Crippen molar-refractivity contribution < 1.29 is 19.0 Å². The van der Waals surface area contributed by atoms with Gasteiger partial charge in [0, 0.05) is 6.04 Å². The zero-order valence-corrected chi connectivity index (χ0v) is 12.3. The van der Waals surface area contributed by atoms with E-state index in [1.165, 1.54) is 12.8 Å². The van der Waals surface area contributed by atoms with Crippen LogP contribution in [0.3, 0.4) is 0 Å². The van der Waals surface area contributed by atoms with E-state index in [0.29, 0.717) is 13.0 Å². The van der Waals surface area contributed by atoms with E-state index in [9.17, 15) is 4.79 Å². The third kappa shape index (κ3) is 3.13. The lowest BCUT2D eigenvalue weighted by Gasteiger charge is -2.27. The fourth-order valence-electron chi connectivity index (χ4n) is 3.01. The number of fused-ring (bicyclic) bond motifs is 1. The number of carbonyl (C=O) groups is 1. The topological polar surface area (TPSA) is 48.0 Å². The highest BCUT2D eigenvalue weighted by Crippen LogP contribution is 2.37. The molecule has 0 bridgehead atoms. The quantitative estimate of drug-likeness (QED) is 0.780. The van der Waals surface area contributed by atoms with Crippen molar-refractivity contribution in [1.29, 1.82) is 0 Å². The molecule has 21 heavy (non-hydrogen) atoms. The summed E-state index contributed by atoms with van der Waals surface area (Å²) in [5.41, 5.74) is 1.09. The van der Waals surface area contributed by atoms with Crippen LogP contribution in [0.4, 0.5) is 0 Å². The Labute approximate surface area is 124 Å². The number of carbonyl (C=O) groups excluding carboxylic acids is 1. The number of nitrogens with zero attached hydrogens (tertiary/aromatic N) is 1. The Morgan fingerprint density at radius 1 is 1.29 bits per heavy atom. The Kier molecular flexibility index (Phi) is 4.29. The summed E-state index contributed by atoms with van der Waals surface area (Å²) in [5.74, 6) is 1.39. The summed E-state index contributed by atoms with van der Waals surface area (Å²) in [5, 5.41) is 0. The molecule has 1 atom stereocenters. The van der Waals surface area contributed by atoms with Crippen molar-refractivity contribution in [3.8, 4) is 11.5 Å². The van der Waals surface area contributed by atoms with Crippen LogP contribution in [-0.4, -0.2) is 37.4 Å². The predicted octanol–water partition coefficient (Wildman–Crippen LogP) is 2.51. The maximum absolute atomic E-state index is 11.9. The smallest absolute Gasteiger partial charge is 0.307 e. The highest BCUT2D eigenvalue weighted by atomic mass is 16.7. The lowest BCUT2D eigenvalue weighted by molar-refractivity contribution is -0.144. The average molecular weight is 291 g/mol. The number of likely N-dealkylation sites (tertiary alicyclic amines) is 1. The average Bonchev–Trinajstić information content (AvgIpc) is 3.15. The lowest BCUT2D eigenvalue weighted by Crippen LogP contribution is -2.28. The largest absolute Gasteiger partial charge is 0.466 e. The number of benzene rings is 1. The van der Waals surface area contributed by atoms with E-state index < -0.39 is 0 Å². The van der Waals surface area contributed by atoms with Crippen LogP contribution in [0.25, 0.3) is 0 Å². The second-order valence-electron chi connectivity index (χ2n) is 5.38. The zero-order chi connectivity index (χ0) is 14.7. The van der Waals surface area contributed by atoms with Gasteiger partial charge in [0.1, 0.15) is 0 Å². The minimum atomic E-state index is -0.146. The molecule has 0 aliphatic carbocycles. The third-order valence-corrected chi connectivity index (χ3v) is 4.03. The summed E-state index contributed by atoms with van der Waals surface area (Å²) >= 11 is 0. The van der Waals surface area contributed by atoms with Gasteiger partial charge in [0.15, 0.2) is 11.5 Å². The maximum atomic E-state index is 11.9. The van der Waals surface area contributed by atoms with Gasteiger partial charge in [-0.25, -0.2) is 0 Å². The number of esters is 1. The standard InChI is InChI=1S/C16H21NO4/c1-2-19-16(18)10-13(17-7-3-4-8-17)12-5-6-14-15(9-12)21-11-20-14/h5-6,9,13H,2-4,7-8,10-11H2,1H3. The Morgan fingerprint density at radius 3 is 2.81 bits per heavy atom. The first-order chi connectivity index (χ1) is 10.3. The molecule has 3 rings (SSSR count). The van der Waals surface area contributed by atoms with Crippen molar-refractivity contribution in [2.75, 3.05) is 26.5 Å². The summed E-state index contributed by atoms with van der Waals surface area (Å²) in [7, 11) is 0. The van der Waals surface area contributed by atoms with Crippen molar-refractivity contribution >= 4 is 5.97 Å². The lowest BCUT2D eigenvalue weighted by atomic mass is 10.0. The molecule has 5 heteroatoms. The normalized spacial score (nSPS) is 18.7. The van der Waals surface area contributed by atoms with Gasteiger partial charge in [-0.3, -0.25) is 9.69 Å². The molecule has 1 unspecified atom stereocenters. The van der Waals surface area contributed by atoms with E-state index in [-0.39, 0.29) is 18.8 Å². The summed E-state index contributed by atoms with van der Waals surface area (Å²) in [6.45, 7) is 4.58. The highest BCUT2D eigenvalue weighted by molar-refractivity contribution is 5.70. The minimum absolute atomic E-state index is 0.0565. The van der Waals surface area contributed by atoms with Crippen LogP contribution in [0, 0.1) is 0 Å². The number of hydrogen-bond acceptors (Lipinski definition) is 5. The first-order valence-electron chi connectivity index (χ1n) is 7.57. The summed E-state index contributed by atoms with van der Waals surface area (Å²) in [6, 6.07) is 5.99. The van der Waals surface area contributed by atoms with Crippen molar-refractivity contribution in [2.45, 2.75) is 32.2 Å². The van der Waals surface area contributed by atoms with Gasteiger partial charge in [0.05, 0.1) is 13.0 Å². The molecule has 0 aromatic heterocycles. The first kappa shape index (κ1) is 14.2. The van der Waals surface area contributed by atoms with Crippen molar-refractivity contribution in [2.24, 2.45) is 0 Å². The molecule has 1 saturated heterocycles. The Balaban J connectivity index is 1.81. The van der Waals surface area contributed by atoms with Gasteiger partial charge in [-0.15, -0.1) is 0 Å². The second kappa shape index (κ2) is 6.35. The molecule has 1 aromatic rings. The molecule has 0 spiro atoms. The summed E-state index contributed by atoms with van der Waals surface area (Å²) in [4.78, 5) is 14.3. The van der Waals surface area contributed by atoms with Crippen LogP contribution in [-0.2, 0) is 9.53 Å². The first-order valence-corrected chi connectivity index (χ1v) is 7.57. The van der Waals surface area contributed by atoms with Gasteiger partial charge >= 0.3 is 5.97 Å². The third-order valence-electron chi connectivity index (χ3n) is 4.03. The molecule has 0 radical (unpaired) electrons. The fraction of sp³-hybridized carbons (Fsp3) is 0.562.